The maximum Gasteiger partial charge on any atom is 0.158 e. The molecule has 0 aliphatic rings. The lowest BCUT2D eigenvalue weighted by Gasteiger charge is -2.06. The third kappa shape index (κ3) is 17.8. The van der Waals surface area contributed by atoms with Crippen LogP contribution in [-0.4, -0.2) is 51.3 Å². The summed E-state index contributed by atoms with van der Waals surface area (Å²) in [6.45, 7) is 5.55. The Hall–Kier alpha value is -0.160. The molecular formula is C16H31ClO4. The quantitative estimate of drug-likeness (QED) is 0.303. The molecule has 0 spiro atoms. The first kappa shape index (κ1) is 20.8. The summed E-state index contributed by atoms with van der Waals surface area (Å²) in [6.07, 6.45) is 6.77. The molecule has 5 heteroatoms. The zero-order chi connectivity index (χ0) is 15.6. The molecule has 0 aliphatic heterocycles. The van der Waals surface area contributed by atoms with Crippen LogP contribution in [0, 0.1) is 0 Å². The molecule has 0 saturated heterocycles. The van der Waals surface area contributed by atoms with Gasteiger partial charge in [-0.1, -0.05) is 19.8 Å². The van der Waals surface area contributed by atoms with Gasteiger partial charge in [0.15, 0.2) is 5.78 Å². The fourth-order valence-corrected chi connectivity index (χ4v) is 1.94. The molecule has 0 unspecified atom stereocenters. The zero-order valence-corrected chi connectivity index (χ0v) is 14.2. The summed E-state index contributed by atoms with van der Waals surface area (Å²) in [5, 5.41) is 0. The van der Waals surface area contributed by atoms with Crippen LogP contribution in [0.5, 0.6) is 0 Å². The lowest BCUT2D eigenvalue weighted by molar-refractivity contribution is -0.123. The molecule has 0 radical (unpaired) electrons. The maximum atomic E-state index is 11.4. The van der Waals surface area contributed by atoms with Crippen LogP contribution in [0.4, 0.5) is 0 Å². The van der Waals surface area contributed by atoms with Crippen molar-refractivity contribution >= 4 is 17.4 Å². The van der Waals surface area contributed by atoms with Gasteiger partial charge in [0.1, 0.15) is 6.61 Å². The third-order valence-electron chi connectivity index (χ3n) is 2.90. The summed E-state index contributed by atoms with van der Waals surface area (Å²) in [4.78, 5) is 11.4. The number of ether oxygens (including phenoxy) is 3. The van der Waals surface area contributed by atoms with E-state index in [4.69, 9.17) is 25.8 Å². The number of alkyl halides is 1. The molecule has 4 nitrogen and oxygen atoms in total. The smallest absolute Gasteiger partial charge is 0.158 e. The Labute approximate surface area is 134 Å². The van der Waals surface area contributed by atoms with Gasteiger partial charge in [-0.2, -0.15) is 0 Å². The second-order valence-electron chi connectivity index (χ2n) is 5.02. The highest BCUT2D eigenvalue weighted by molar-refractivity contribution is 6.17. The summed E-state index contributed by atoms with van der Waals surface area (Å²) >= 11 is 5.60. The zero-order valence-electron chi connectivity index (χ0n) is 13.4. The van der Waals surface area contributed by atoms with Crippen molar-refractivity contribution < 1.29 is 19.0 Å². The third-order valence-corrected chi connectivity index (χ3v) is 3.17. The average molecular weight is 323 g/mol. The van der Waals surface area contributed by atoms with Gasteiger partial charge in [0.25, 0.3) is 0 Å². The van der Waals surface area contributed by atoms with Gasteiger partial charge in [-0.25, -0.2) is 0 Å². The molecule has 0 saturated carbocycles. The molecule has 0 heterocycles. The van der Waals surface area contributed by atoms with E-state index in [1.807, 2.05) is 6.92 Å². The minimum atomic E-state index is 0.153. The number of halogens is 1. The number of carbonyl (C=O) groups excluding carboxylic acids is 1. The first-order valence-corrected chi connectivity index (χ1v) is 8.65. The monoisotopic (exact) mass is 322 g/mol. The van der Waals surface area contributed by atoms with Crippen molar-refractivity contribution in [2.75, 3.05) is 45.5 Å². The molecule has 0 bridgehead atoms. The average Bonchev–Trinajstić information content (AvgIpc) is 2.48. The molecule has 0 aliphatic carbocycles. The van der Waals surface area contributed by atoms with Crippen LogP contribution >= 0.6 is 11.6 Å². The van der Waals surface area contributed by atoms with E-state index in [1.165, 1.54) is 12.8 Å². The lowest BCUT2D eigenvalue weighted by Crippen LogP contribution is -2.11. The van der Waals surface area contributed by atoms with Crippen LogP contribution in [-0.2, 0) is 19.0 Å². The van der Waals surface area contributed by atoms with Crippen molar-refractivity contribution in [1.82, 2.24) is 0 Å². The number of ketones is 1. The van der Waals surface area contributed by atoms with E-state index >= 15 is 0 Å². The highest BCUT2D eigenvalue weighted by atomic mass is 35.5. The predicted octanol–water partition coefficient (Wildman–Crippen LogP) is 3.59. The van der Waals surface area contributed by atoms with Gasteiger partial charge in [-0.3, -0.25) is 4.79 Å². The SMILES string of the molecule is CCCOCC(=O)CCCOCCOCCCCCCCl. The lowest BCUT2D eigenvalue weighted by atomic mass is 10.2. The van der Waals surface area contributed by atoms with E-state index in [9.17, 15) is 4.79 Å². The second kappa shape index (κ2) is 17.9. The molecule has 0 amide bonds. The Morgan fingerprint density at radius 2 is 1.48 bits per heavy atom. The van der Waals surface area contributed by atoms with E-state index < -0.39 is 0 Å². The van der Waals surface area contributed by atoms with E-state index in [1.54, 1.807) is 0 Å². The largest absolute Gasteiger partial charge is 0.379 e. The first-order valence-electron chi connectivity index (χ1n) is 8.12. The molecule has 0 aromatic carbocycles. The van der Waals surface area contributed by atoms with Gasteiger partial charge in [0, 0.05) is 32.1 Å². The first-order chi connectivity index (χ1) is 10.3. The number of hydrogen-bond acceptors (Lipinski definition) is 4. The molecule has 0 aromatic rings. The highest BCUT2D eigenvalue weighted by Gasteiger charge is 2.01. The fraction of sp³-hybridized carbons (Fsp3) is 0.938. The van der Waals surface area contributed by atoms with Crippen molar-refractivity contribution in [2.24, 2.45) is 0 Å². The van der Waals surface area contributed by atoms with Crippen LogP contribution in [0.1, 0.15) is 51.9 Å². The fourth-order valence-electron chi connectivity index (χ4n) is 1.75. The van der Waals surface area contributed by atoms with Crippen molar-refractivity contribution in [1.29, 1.82) is 0 Å². The predicted molar refractivity (Wildman–Crippen MR) is 86.2 cm³/mol. The normalized spacial score (nSPS) is 11.0. The number of Topliss-reactive ketones (excluding diaryl/α,β-unsaturated/α-hetero) is 1. The summed E-state index contributed by atoms with van der Waals surface area (Å²) < 4.78 is 16.1. The molecule has 126 valence electrons. The van der Waals surface area contributed by atoms with Gasteiger partial charge < -0.3 is 14.2 Å². The molecule has 0 aromatic heterocycles. The van der Waals surface area contributed by atoms with E-state index in [-0.39, 0.29) is 12.4 Å². The van der Waals surface area contributed by atoms with Gasteiger partial charge in [-0.15, -0.1) is 11.6 Å². The van der Waals surface area contributed by atoms with Crippen LogP contribution in [0.15, 0.2) is 0 Å². The summed E-state index contributed by atoms with van der Waals surface area (Å²) in [6, 6.07) is 0. The van der Waals surface area contributed by atoms with Crippen molar-refractivity contribution in [3.8, 4) is 0 Å². The Morgan fingerprint density at radius 3 is 2.14 bits per heavy atom. The Morgan fingerprint density at radius 1 is 0.810 bits per heavy atom. The molecular weight excluding hydrogens is 292 g/mol. The van der Waals surface area contributed by atoms with Gasteiger partial charge in [0.2, 0.25) is 0 Å². The Bertz CT molecular complexity index is 224. The molecule has 0 N–H and O–H groups in total. The van der Waals surface area contributed by atoms with Crippen molar-refractivity contribution in [3.05, 3.63) is 0 Å². The number of unbranched alkanes of at least 4 members (excludes halogenated alkanes) is 3. The molecule has 0 fully saturated rings. The van der Waals surface area contributed by atoms with Gasteiger partial charge in [-0.05, 0) is 25.7 Å². The molecule has 0 atom stereocenters. The van der Waals surface area contributed by atoms with Crippen molar-refractivity contribution in [3.63, 3.8) is 0 Å². The maximum absolute atomic E-state index is 11.4. The summed E-state index contributed by atoms with van der Waals surface area (Å²) in [5.74, 6) is 0.905. The van der Waals surface area contributed by atoms with E-state index in [0.29, 0.717) is 32.8 Å². The second-order valence-corrected chi connectivity index (χ2v) is 5.40. The van der Waals surface area contributed by atoms with Crippen molar-refractivity contribution in [2.45, 2.75) is 51.9 Å². The summed E-state index contributed by atoms with van der Waals surface area (Å²) in [7, 11) is 0. The molecule has 0 rings (SSSR count). The number of carbonyl (C=O) groups is 1. The van der Waals surface area contributed by atoms with E-state index in [2.05, 4.69) is 0 Å². The number of rotatable bonds is 17. The van der Waals surface area contributed by atoms with Gasteiger partial charge in [0.05, 0.1) is 13.2 Å². The van der Waals surface area contributed by atoms with Crippen LogP contribution < -0.4 is 0 Å². The standard InChI is InChI=1S/C16H31ClO4/c1-2-10-21-15-16(18)8-7-12-20-14-13-19-11-6-4-3-5-9-17/h2-15H2,1H3. The summed E-state index contributed by atoms with van der Waals surface area (Å²) in [5.41, 5.74) is 0. The van der Waals surface area contributed by atoms with E-state index in [0.717, 1.165) is 38.2 Å². The Kier molecular flexibility index (Phi) is 17.8. The Balaban J connectivity index is 3.06. The van der Waals surface area contributed by atoms with Gasteiger partial charge >= 0.3 is 0 Å². The minimum Gasteiger partial charge on any atom is -0.379 e. The highest BCUT2D eigenvalue weighted by Crippen LogP contribution is 2.01. The van der Waals surface area contributed by atoms with Crippen LogP contribution in [0.3, 0.4) is 0 Å². The number of hydrogen-bond donors (Lipinski definition) is 0. The minimum absolute atomic E-state index is 0.153. The van der Waals surface area contributed by atoms with Crippen LogP contribution in [0.2, 0.25) is 0 Å². The molecule has 21 heavy (non-hydrogen) atoms. The topological polar surface area (TPSA) is 44.8 Å². The van der Waals surface area contributed by atoms with Crippen LogP contribution in [0.25, 0.3) is 0 Å².